The van der Waals surface area contributed by atoms with E-state index in [0.29, 0.717) is 19.4 Å². The number of nitro benzene ring substituents is 1. The maximum Gasteiger partial charge on any atom is 0.303 e. The maximum absolute atomic E-state index is 10.6. The van der Waals surface area contributed by atoms with Gasteiger partial charge in [-0.15, -0.1) is 0 Å². The quantitative estimate of drug-likeness (QED) is 0.442. The Bertz CT molecular complexity index is 446. The van der Waals surface area contributed by atoms with Crippen molar-refractivity contribution in [1.29, 1.82) is 0 Å². The van der Waals surface area contributed by atoms with Crippen LogP contribution in [-0.4, -0.2) is 22.5 Å². The molecule has 2 N–H and O–H groups in total. The van der Waals surface area contributed by atoms with E-state index in [1.807, 2.05) is 6.92 Å². The van der Waals surface area contributed by atoms with Crippen LogP contribution >= 0.6 is 0 Å². The van der Waals surface area contributed by atoms with Gasteiger partial charge in [-0.2, -0.15) is 0 Å². The van der Waals surface area contributed by atoms with Crippen LogP contribution in [0.4, 0.5) is 11.4 Å². The summed E-state index contributed by atoms with van der Waals surface area (Å²) in [7, 11) is 0. The molecule has 0 amide bonds. The average molecular weight is 252 g/mol. The largest absolute Gasteiger partial charge is 0.481 e. The van der Waals surface area contributed by atoms with E-state index < -0.39 is 10.9 Å². The molecule has 0 aliphatic carbocycles. The lowest BCUT2D eigenvalue weighted by Gasteiger charge is -2.08. The van der Waals surface area contributed by atoms with Crippen molar-refractivity contribution in [3.63, 3.8) is 0 Å². The number of unbranched alkanes of at least 4 members (excludes halogenated alkanes) is 1. The van der Waals surface area contributed by atoms with Gasteiger partial charge in [0.15, 0.2) is 0 Å². The van der Waals surface area contributed by atoms with Crippen LogP contribution < -0.4 is 5.32 Å². The number of rotatable bonds is 7. The van der Waals surface area contributed by atoms with Crippen LogP contribution in [0.1, 0.15) is 24.8 Å². The first kappa shape index (κ1) is 14.0. The Morgan fingerprint density at radius 2 is 2.17 bits per heavy atom. The fourth-order valence-corrected chi connectivity index (χ4v) is 1.54. The lowest BCUT2D eigenvalue weighted by molar-refractivity contribution is -0.384. The molecule has 0 spiro atoms. The molecule has 0 saturated carbocycles. The number of hydrogen-bond acceptors (Lipinski definition) is 4. The number of non-ortho nitro benzene ring substituents is 1. The second-order valence-corrected chi connectivity index (χ2v) is 4.03. The summed E-state index contributed by atoms with van der Waals surface area (Å²) >= 11 is 0. The van der Waals surface area contributed by atoms with Gasteiger partial charge in [-0.05, 0) is 25.3 Å². The van der Waals surface area contributed by atoms with Crippen LogP contribution in [0.3, 0.4) is 0 Å². The van der Waals surface area contributed by atoms with Crippen molar-refractivity contribution in [3.8, 4) is 0 Å². The highest BCUT2D eigenvalue weighted by atomic mass is 16.6. The summed E-state index contributed by atoms with van der Waals surface area (Å²) in [5, 5.41) is 22.2. The third-order valence-corrected chi connectivity index (χ3v) is 2.56. The zero-order valence-electron chi connectivity index (χ0n) is 10.2. The standard InChI is InChI=1S/C12H16N2O4/c1-9-5-6-10(14(17)18)8-11(9)13-7-3-2-4-12(15)16/h5-6,8,13H,2-4,7H2,1H3,(H,15,16). The summed E-state index contributed by atoms with van der Waals surface area (Å²) in [6, 6.07) is 4.65. The number of carbonyl (C=O) groups is 1. The topological polar surface area (TPSA) is 92.5 Å². The second kappa shape index (κ2) is 6.58. The summed E-state index contributed by atoms with van der Waals surface area (Å²) in [6.45, 7) is 2.47. The smallest absolute Gasteiger partial charge is 0.303 e. The number of hydrogen-bond donors (Lipinski definition) is 2. The Balaban J connectivity index is 2.48. The van der Waals surface area contributed by atoms with Crippen molar-refractivity contribution < 1.29 is 14.8 Å². The van der Waals surface area contributed by atoms with Crippen LogP contribution in [-0.2, 0) is 4.79 Å². The van der Waals surface area contributed by atoms with E-state index in [1.54, 1.807) is 6.07 Å². The van der Waals surface area contributed by atoms with Crippen LogP contribution in [0.5, 0.6) is 0 Å². The zero-order valence-corrected chi connectivity index (χ0v) is 10.2. The number of benzene rings is 1. The molecule has 0 saturated heterocycles. The molecule has 0 aromatic heterocycles. The first-order valence-electron chi connectivity index (χ1n) is 5.71. The monoisotopic (exact) mass is 252 g/mol. The third-order valence-electron chi connectivity index (χ3n) is 2.56. The van der Waals surface area contributed by atoms with Crippen LogP contribution in [0.15, 0.2) is 18.2 Å². The molecule has 0 heterocycles. The van der Waals surface area contributed by atoms with Gasteiger partial charge in [-0.1, -0.05) is 6.07 Å². The second-order valence-electron chi connectivity index (χ2n) is 4.03. The minimum absolute atomic E-state index is 0.0497. The number of aryl methyl sites for hydroxylation is 1. The Kier molecular flexibility index (Phi) is 5.10. The predicted molar refractivity (Wildman–Crippen MR) is 67.8 cm³/mol. The van der Waals surface area contributed by atoms with E-state index >= 15 is 0 Å². The summed E-state index contributed by atoms with van der Waals surface area (Å²) in [5.41, 5.74) is 1.70. The van der Waals surface area contributed by atoms with Crippen molar-refractivity contribution in [1.82, 2.24) is 0 Å². The first-order chi connectivity index (χ1) is 8.50. The predicted octanol–water partition coefficient (Wildman–Crippen LogP) is 2.57. The van der Waals surface area contributed by atoms with Gasteiger partial charge in [0.05, 0.1) is 4.92 Å². The molecule has 18 heavy (non-hydrogen) atoms. The van der Waals surface area contributed by atoms with Crippen molar-refractivity contribution in [2.75, 3.05) is 11.9 Å². The summed E-state index contributed by atoms with van der Waals surface area (Å²) < 4.78 is 0. The highest BCUT2D eigenvalue weighted by Crippen LogP contribution is 2.21. The Labute approximate surface area is 105 Å². The van der Waals surface area contributed by atoms with Gasteiger partial charge in [0.25, 0.3) is 5.69 Å². The number of aliphatic carboxylic acids is 1. The molecule has 0 radical (unpaired) electrons. The number of carboxylic acid groups (broad SMARTS) is 1. The number of nitrogens with one attached hydrogen (secondary N) is 1. The molecular formula is C12H16N2O4. The van der Waals surface area contributed by atoms with Crippen molar-refractivity contribution in [3.05, 3.63) is 33.9 Å². The van der Waals surface area contributed by atoms with Crippen molar-refractivity contribution in [2.24, 2.45) is 0 Å². The fourth-order valence-electron chi connectivity index (χ4n) is 1.54. The average Bonchev–Trinajstić information content (AvgIpc) is 2.30. The molecule has 98 valence electrons. The number of nitro groups is 1. The van der Waals surface area contributed by atoms with E-state index in [-0.39, 0.29) is 12.1 Å². The van der Waals surface area contributed by atoms with Crippen molar-refractivity contribution in [2.45, 2.75) is 26.2 Å². The molecule has 0 aliphatic rings. The van der Waals surface area contributed by atoms with E-state index in [0.717, 1.165) is 11.3 Å². The van der Waals surface area contributed by atoms with Gasteiger partial charge >= 0.3 is 5.97 Å². The summed E-state index contributed by atoms with van der Waals surface area (Å²) in [6.07, 6.45) is 1.46. The van der Waals surface area contributed by atoms with E-state index in [1.165, 1.54) is 12.1 Å². The molecule has 1 aromatic carbocycles. The van der Waals surface area contributed by atoms with Crippen LogP contribution in [0.25, 0.3) is 0 Å². The van der Waals surface area contributed by atoms with E-state index in [9.17, 15) is 14.9 Å². The minimum Gasteiger partial charge on any atom is -0.481 e. The Hall–Kier alpha value is -2.11. The first-order valence-corrected chi connectivity index (χ1v) is 5.71. The summed E-state index contributed by atoms with van der Waals surface area (Å²) in [4.78, 5) is 20.5. The number of anilines is 1. The van der Waals surface area contributed by atoms with Gasteiger partial charge in [0.2, 0.25) is 0 Å². The molecule has 6 heteroatoms. The SMILES string of the molecule is Cc1ccc([N+](=O)[O-])cc1NCCCCC(=O)O. The fraction of sp³-hybridized carbons (Fsp3) is 0.417. The molecule has 0 unspecified atom stereocenters. The molecule has 1 rings (SSSR count). The number of carboxylic acids is 1. The number of nitrogens with zero attached hydrogens (tertiary/aromatic N) is 1. The molecule has 0 aliphatic heterocycles. The minimum atomic E-state index is -0.804. The molecule has 0 bridgehead atoms. The molecule has 1 aromatic rings. The van der Waals surface area contributed by atoms with Crippen LogP contribution in [0.2, 0.25) is 0 Å². The zero-order chi connectivity index (χ0) is 13.5. The molecule has 6 nitrogen and oxygen atoms in total. The van der Waals surface area contributed by atoms with Crippen molar-refractivity contribution >= 4 is 17.3 Å². The molecule has 0 fully saturated rings. The van der Waals surface area contributed by atoms with E-state index in [4.69, 9.17) is 5.11 Å². The lowest BCUT2D eigenvalue weighted by atomic mass is 10.1. The Morgan fingerprint density at radius 1 is 1.44 bits per heavy atom. The highest BCUT2D eigenvalue weighted by Gasteiger charge is 2.08. The van der Waals surface area contributed by atoms with Gasteiger partial charge < -0.3 is 10.4 Å². The van der Waals surface area contributed by atoms with Crippen LogP contribution in [0, 0.1) is 17.0 Å². The molecule has 0 atom stereocenters. The molecular weight excluding hydrogens is 236 g/mol. The summed E-state index contributed by atoms with van der Waals surface area (Å²) in [5.74, 6) is -0.804. The highest BCUT2D eigenvalue weighted by molar-refractivity contribution is 5.66. The third kappa shape index (κ3) is 4.40. The maximum atomic E-state index is 10.6. The van der Waals surface area contributed by atoms with Gasteiger partial charge in [-0.25, -0.2) is 0 Å². The normalized spacial score (nSPS) is 10.1. The van der Waals surface area contributed by atoms with Gasteiger partial charge in [-0.3, -0.25) is 14.9 Å². The Morgan fingerprint density at radius 3 is 2.78 bits per heavy atom. The van der Waals surface area contributed by atoms with E-state index in [2.05, 4.69) is 5.32 Å². The van der Waals surface area contributed by atoms with Gasteiger partial charge in [0, 0.05) is 30.8 Å². The van der Waals surface area contributed by atoms with Gasteiger partial charge in [0.1, 0.15) is 0 Å². The lowest BCUT2D eigenvalue weighted by Crippen LogP contribution is -2.05.